The van der Waals surface area contributed by atoms with Crippen molar-refractivity contribution in [3.8, 4) is 17.6 Å². The van der Waals surface area contributed by atoms with Gasteiger partial charge in [0.15, 0.2) is 0 Å². The van der Waals surface area contributed by atoms with E-state index in [-0.39, 0.29) is 12.3 Å². The molecule has 0 aliphatic carbocycles. The molecular weight excluding hydrogens is 431 g/mol. The molecule has 3 aromatic rings. The van der Waals surface area contributed by atoms with Gasteiger partial charge in [0.1, 0.15) is 11.9 Å². The summed E-state index contributed by atoms with van der Waals surface area (Å²) in [6, 6.07) is 16.9. The van der Waals surface area contributed by atoms with Gasteiger partial charge in [0.2, 0.25) is 0 Å². The van der Waals surface area contributed by atoms with Crippen molar-refractivity contribution >= 4 is 16.9 Å². The molecule has 0 saturated carbocycles. The number of rotatable bonds is 7. The molecule has 1 aliphatic rings. The van der Waals surface area contributed by atoms with Gasteiger partial charge in [0, 0.05) is 23.7 Å². The SMILES string of the molecule is COc1ccc2nccc(C(F)CC[C@@H]3CCN(CC#Cc4ccccc4)C[C@@H]3C(=O)O)c2c1. The van der Waals surface area contributed by atoms with Gasteiger partial charge in [-0.2, -0.15) is 0 Å². The number of fused-ring (bicyclic) bond motifs is 1. The van der Waals surface area contributed by atoms with E-state index in [2.05, 4.69) is 21.7 Å². The Hall–Kier alpha value is -3.43. The van der Waals surface area contributed by atoms with E-state index in [1.165, 1.54) is 0 Å². The maximum absolute atomic E-state index is 15.3. The summed E-state index contributed by atoms with van der Waals surface area (Å²) >= 11 is 0. The normalized spacial score (nSPS) is 19.2. The minimum atomic E-state index is -1.19. The van der Waals surface area contributed by atoms with Crippen molar-refractivity contribution in [1.82, 2.24) is 9.88 Å². The van der Waals surface area contributed by atoms with Crippen LogP contribution in [0, 0.1) is 23.7 Å². The van der Waals surface area contributed by atoms with Gasteiger partial charge >= 0.3 is 5.97 Å². The highest BCUT2D eigenvalue weighted by molar-refractivity contribution is 5.83. The van der Waals surface area contributed by atoms with Crippen LogP contribution in [-0.2, 0) is 4.79 Å². The number of aliphatic carboxylic acids is 1. The molecule has 0 bridgehead atoms. The molecule has 0 amide bonds. The van der Waals surface area contributed by atoms with Gasteiger partial charge in [-0.05, 0) is 73.7 Å². The monoisotopic (exact) mass is 460 g/mol. The van der Waals surface area contributed by atoms with E-state index in [9.17, 15) is 9.90 Å². The van der Waals surface area contributed by atoms with Crippen LogP contribution in [0.4, 0.5) is 4.39 Å². The molecular formula is C28H29FN2O3. The minimum Gasteiger partial charge on any atom is -0.497 e. The van der Waals surface area contributed by atoms with Gasteiger partial charge in [-0.3, -0.25) is 14.7 Å². The largest absolute Gasteiger partial charge is 0.497 e. The fourth-order valence-electron chi connectivity index (χ4n) is 4.67. The summed E-state index contributed by atoms with van der Waals surface area (Å²) < 4.78 is 20.6. The third-order valence-corrected chi connectivity index (χ3v) is 6.58. The van der Waals surface area contributed by atoms with Gasteiger partial charge in [-0.1, -0.05) is 30.0 Å². The van der Waals surface area contributed by atoms with Crippen LogP contribution in [0.3, 0.4) is 0 Å². The number of benzene rings is 2. The van der Waals surface area contributed by atoms with Crippen molar-refractivity contribution in [2.45, 2.75) is 25.4 Å². The number of pyridine rings is 1. The molecule has 1 unspecified atom stereocenters. The molecule has 1 saturated heterocycles. The van der Waals surface area contributed by atoms with Crippen LogP contribution in [0.25, 0.3) is 10.9 Å². The van der Waals surface area contributed by atoms with Gasteiger partial charge < -0.3 is 9.84 Å². The molecule has 4 rings (SSSR count). The van der Waals surface area contributed by atoms with E-state index >= 15 is 4.39 Å². The number of carboxylic acids is 1. The van der Waals surface area contributed by atoms with Gasteiger partial charge in [0.05, 0.1) is 25.1 Å². The Labute approximate surface area is 199 Å². The predicted octanol–water partition coefficient (Wildman–Crippen LogP) is 5.11. The van der Waals surface area contributed by atoms with E-state index in [1.54, 1.807) is 25.4 Å². The van der Waals surface area contributed by atoms with E-state index in [0.717, 1.165) is 23.9 Å². The zero-order valence-electron chi connectivity index (χ0n) is 19.3. The molecule has 2 aromatic carbocycles. The summed E-state index contributed by atoms with van der Waals surface area (Å²) in [5.41, 5.74) is 2.24. The van der Waals surface area contributed by atoms with Crippen LogP contribution >= 0.6 is 0 Å². The second-order valence-corrected chi connectivity index (χ2v) is 8.72. The maximum atomic E-state index is 15.3. The van der Waals surface area contributed by atoms with Crippen molar-refractivity contribution in [2.24, 2.45) is 11.8 Å². The first-order valence-electron chi connectivity index (χ1n) is 11.6. The molecule has 1 N–H and O–H groups in total. The number of halogens is 1. The van der Waals surface area contributed by atoms with Gasteiger partial charge in [0.25, 0.3) is 0 Å². The molecule has 1 aliphatic heterocycles. The lowest BCUT2D eigenvalue weighted by molar-refractivity contribution is -0.146. The Kier molecular flexibility index (Phi) is 7.76. The number of piperidine rings is 1. The molecule has 176 valence electrons. The summed E-state index contributed by atoms with van der Waals surface area (Å²) in [5, 5.41) is 10.6. The molecule has 34 heavy (non-hydrogen) atoms. The zero-order valence-corrected chi connectivity index (χ0v) is 19.3. The number of ether oxygens (including phenoxy) is 1. The lowest BCUT2D eigenvalue weighted by Crippen LogP contribution is -2.44. The Balaban J connectivity index is 1.38. The Morgan fingerprint density at radius 1 is 1.26 bits per heavy atom. The molecule has 6 heteroatoms. The quantitative estimate of drug-likeness (QED) is 0.497. The first-order chi connectivity index (χ1) is 16.5. The molecule has 5 nitrogen and oxygen atoms in total. The number of hydrogen-bond donors (Lipinski definition) is 1. The average molecular weight is 461 g/mol. The number of carbonyl (C=O) groups is 1. The summed E-state index contributed by atoms with van der Waals surface area (Å²) in [6.45, 7) is 1.74. The van der Waals surface area contributed by atoms with Crippen molar-refractivity contribution in [2.75, 3.05) is 26.7 Å². The Bertz CT molecular complexity index is 1190. The van der Waals surface area contributed by atoms with Gasteiger partial charge in [-0.25, -0.2) is 4.39 Å². The number of aromatic nitrogens is 1. The average Bonchev–Trinajstić information content (AvgIpc) is 2.87. The fraction of sp³-hybridized carbons (Fsp3) is 0.357. The van der Waals surface area contributed by atoms with Crippen LogP contribution in [0.2, 0.25) is 0 Å². The highest BCUT2D eigenvalue weighted by Crippen LogP contribution is 2.35. The Morgan fingerprint density at radius 2 is 2.09 bits per heavy atom. The van der Waals surface area contributed by atoms with Crippen molar-refractivity contribution in [3.05, 3.63) is 71.9 Å². The first kappa shape index (κ1) is 23.7. The lowest BCUT2D eigenvalue weighted by Gasteiger charge is -2.35. The predicted molar refractivity (Wildman–Crippen MR) is 130 cm³/mol. The van der Waals surface area contributed by atoms with E-state index < -0.39 is 18.1 Å². The van der Waals surface area contributed by atoms with E-state index in [1.807, 2.05) is 42.5 Å². The van der Waals surface area contributed by atoms with Crippen LogP contribution in [0.15, 0.2) is 60.8 Å². The molecule has 1 fully saturated rings. The minimum absolute atomic E-state index is 0.0586. The van der Waals surface area contributed by atoms with Crippen molar-refractivity contribution in [1.29, 1.82) is 0 Å². The Morgan fingerprint density at radius 3 is 2.85 bits per heavy atom. The third kappa shape index (κ3) is 5.73. The maximum Gasteiger partial charge on any atom is 0.308 e. The smallest absolute Gasteiger partial charge is 0.308 e. The number of methoxy groups -OCH3 is 1. The highest BCUT2D eigenvalue weighted by Gasteiger charge is 2.34. The number of alkyl halides is 1. The lowest BCUT2D eigenvalue weighted by atomic mass is 9.81. The number of carboxylic acid groups (broad SMARTS) is 1. The molecule has 0 spiro atoms. The second kappa shape index (κ2) is 11.1. The van der Waals surface area contributed by atoms with Crippen LogP contribution in [-0.4, -0.2) is 47.7 Å². The van der Waals surface area contributed by atoms with E-state index in [0.29, 0.717) is 36.3 Å². The van der Waals surface area contributed by atoms with Crippen LogP contribution in [0.5, 0.6) is 5.75 Å². The molecule has 3 atom stereocenters. The third-order valence-electron chi connectivity index (χ3n) is 6.58. The number of likely N-dealkylation sites (tertiary alicyclic amines) is 1. The van der Waals surface area contributed by atoms with Crippen molar-refractivity contribution in [3.63, 3.8) is 0 Å². The number of nitrogens with zero attached hydrogens (tertiary/aromatic N) is 2. The summed E-state index contributed by atoms with van der Waals surface area (Å²) in [6.07, 6.45) is 1.95. The topological polar surface area (TPSA) is 62.7 Å². The molecule has 1 aromatic heterocycles. The first-order valence-corrected chi connectivity index (χ1v) is 11.6. The highest BCUT2D eigenvalue weighted by atomic mass is 19.1. The van der Waals surface area contributed by atoms with Crippen LogP contribution < -0.4 is 4.74 Å². The molecule has 2 heterocycles. The second-order valence-electron chi connectivity index (χ2n) is 8.72. The standard InChI is InChI=1S/C28H29FN2O3/c1-34-22-10-12-27-24(18-22)23(13-15-30-27)26(29)11-9-21-14-17-31(19-25(21)28(32)33)16-5-8-20-6-3-2-4-7-20/h2-4,6-7,10,12-13,15,18,21,25-26H,9,11,14,16-17,19H2,1H3,(H,32,33)/t21-,25+,26?/m1/s1. The van der Waals surface area contributed by atoms with Crippen LogP contribution in [0.1, 0.15) is 36.6 Å². The molecule has 0 radical (unpaired) electrons. The summed E-state index contributed by atoms with van der Waals surface area (Å²) in [5.74, 6) is 5.53. The fourth-order valence-corrected chi connectivity index (χ4v) is 4.67. The van der Waals surface area contributed by atoms with Crippen molar-refractivity contribution < 1.29 is 19.0 Å². The van der Waals surface area contributed by atoms with E-state index in [4.69, 9.17) is 4.74 Å². The summed E-state index contributed by atoms with van der Waals surface area (Å²) in [4.78, 5) is 18.4. The number of hydrogen-bond acceptors (Lipinski definition) is 4. The van der Waals surface area contributed by atoms with Gasteiger partial charge in [-0.15, -0.1) is 0 Å². The summed E-state index contributed by atoms with van der Waals surface area (Å²) in [7, 11) is 1.58. The zero-order chi connectivity index (χ0) is 23.9.